The standard InChI is InChI=1S/C12H20N2O3/c1-14-7-4-9(11(14)16)13-10(15)8-12(17)5-2-3-6-12/h9,17H,2-8H2,1H3,(H,13,15). The number of likely N-dealkylation sites (N-methyl/N-ethyl adjacent to an activating group) is 1. The molecule has 2 aliphatic rings. The fourth-order valence-corrected chi connectivity index (χ4v) is 2.71. The van der Waals surface area contributed by atoms with Crippen molar-refractivity contribution < 1.29 is 14.7 Å². The fourth-order valence-electron chi connectivity index (χ4n) is 2.71. The first kappa shape index (κ1) is 12.4. The highest BCUT2D eigenvalue weighted by atomic mass is 16.3. The molecule has 1 aliphatic carbocycles. The van der Waals surface area contributed by atoms with E-state index >= 15 is 0 Å². The van der Waals surface area contributed by atoms with Gasteiger partial charge < -0.3 is 15.3 Å². The third-order valence-corrected chi connectivity index (χ3v) is 3.79. The van der Waals surface area contributed by atoms with E-state index in [1.165, 1.54) is 0 Å². The second-order valence-electron chi connectivity index (χ2n) is 5.28. The zero-order chi connectivity index (χ0) is 12.5. The molecule has 1 saturated carbocycles. The lowest BCUT2D eigenvalue weighted by Gasteiger charge is -2.22. The minimum Gasteiger partial charge on any atom is -0.389 e. The number of hydrogen-bond acceptors (Lipinski definition) is 3. The SMILES string of the molecule is CN1CCC(NC(=O)CC2(O)CCCC2)C1=O. The van der Waals surface area contributed by atoms with Crippen LogP contribution in [0, 0.1) is 0 Å². The van der Waals surface area contributed by atoms with Gasteiger partial charge >= 0.3 is 0 Å². The van der Waals surface area contributed by atoms with E-state index in [1.54, 1.807) is 11.9 Å². The molecule has 0 radical (unpaired) electrons. The molecule has 1 heterocycles. The maximum atomic E-state index is 11.8. The molecular weight excluding hydrogens is 220 g/mol. The second kappa shape index (κ2) is 4.64. The van der Waals surface area contributed by atoms with Gasteiger partial charge in [0.1, 0.15) is 6.04 Å². The average molecular weight is 240 g/mol. The van der Waals surface area contributed by atoms with Crippen molar-refractivity contribution >= 4 is 11.8 Å². The number of rotatable bonds is 3. The molecule has 1 atom stereocenters. The monoisotopic (exact) mass is 240 g/mol. The molecule has 5 nitrogen and oxygen atoms in total. The molecule has 0 aromatic heterocycles. The molecule has 5 heteroatoms. The zero-order valence-electron chi connectivity index (χ0n) is 10.2. The van der Waals surface area contributed by atoms with Gasteiger partial charge in [0.05, 0.1) is 12.0 Å². The van der Waals surface area contributed by atoms with Gasteiger partial charge in [0.25, 0.3) is 0 Å². The Hall–Kier alpha value is -1.10. The zero-order valence-corrected chi connectivity index (χ0v) is 10.2. The van der Waals surface area contributed by atoms with Gasteiger partial charge in [-0.25, -0.2) is 0 Å². The first-order chi connectivity index (χ1) is 8.00. The van der Waals surface area contributed by atoms with Crippen LogP contribution in [0.4, 0.5) is 0 Å². The van der Waals surface area contributed by atoms with Crippen LogP contribution in [0.1, 0.15) is 38.5 Å². The first-order valence-corrected chi connectivity index (χ1v) is 6.27. The van der Waals surface area contributed by atoms with E-state index in [4.69, 9.17) is 0 Å². The summed E-state index contributed by atoms with van der Waals surface area (Å²) in [6.45, 7) is 0.689. The summed E-state index contributed by atoms with van der Waals surface area (Å²) >= 11 is 0. The van der Waals surface area contributed by atoms with Gasteiger partial charge in [-0.3, -0.25) is 9.59 Å². The van der Waals surface area contributed by atoms with E-state index < -0.39 is 11.6 Å². The quantitative estimate of drug-likeness (QED) is 0.731. The van der Waals surface area contributed by atoms with Crippen molar-refractivity contribution in [3.05, 3.63) is 0 Å². The minimum atomic E-state index is -0.836. The van der Waals surface area contributed by atoms with Crippen LogP contribution in [0.2, 0.25) is 0 Å². The highest BCUT2D eigenvalue weighted by molar-refractivity contribution is 5.89. The Bertz CT molecular complexity index is 324. The lowest BCUT2D eigenvalue weighted by molar-refractivity contribution is -0.133. The van der Waals surface area contributed by atoms with Crippen LogP contribution in [0.5, 0.6) is 0 Å². The number of amides is 2. The molecule has 96 valence electrons. The van der Waals surface area contributed by atoms with Crippen LogP contribution in [0.15, 0.2) is 0 Å². The van der Waals surface area contributed by atoms with Gasteiger partial charge in [0.15, 0.2) is 0 Å². The number of carbonyl (C=O) groups excluding carboxylic acids is 2. The van der Waals surface area contributed by atoms with Gasteiger partial charge in [-0.05, 0) is 19.3 Å². The van der Waals surface area contributed by atoms with Gasteiger partial charge in [-0.15, -0.1) is 0 Å². The molecular formula is C12H20N2O3. The smallest absolute Gasteiger partial charge is 0.244 e. The molecule has 0 spiro atoms. The van der Waals surface area contributed by atoms with Crippen LogP contribution in [-0.4, -0.2) is 47.1 Å². The molecule has 2 fully saturated rings. The topological polar surface area (TPSA) is 69.6 Å². The highest BCUT2D eigenvalue weighted by Crippen LogP contribution is 2.32. The molecule has 1 saturated heterocycles. The Labute approximate surface area is 101 Å². The molecule has 1 unspecified atom stereocenters. The van der Waals surface area contributed by atoms with E-state index in [2.05, 4.69) is 5.32 Å². The minimum absolute atomic E-state index is 0.0308. The number of nitrogens with zero attached hydrogens (tertiary/aromatic N) is 1. The number of likely N-dealkylation sites (tertiary alicyclic amines) is 1. The van der Waals surface area contributed by atoms with Crippen molar-refractivity contribution in [2.45, 2.75) is 50.2 Å². The van der Waals surface area contributed by atoms with Crippen molar-refractivity contribution in [3.8, 4) is 0 Å². The molecule has 1 aliphatic heterocycles. The van der Waals surface area contributed by atoms with Crippen LogP contribution in [-0.2, 0) is 9.59 Å². The molecule has 2 amide bonds. The van der Waals surface area contributed by atoms with E-state index in [0.717, 1.165) is 12.8 Å². The third-order valence-electron chi connectivity index (χ3n) is 3.79. The van der Waals surface area contributed by atoms with Crippen molar-refractivity contribution in [1.82, 2.24) is 10.2 Å². The van der Waals surface area contributed by atoms with Gasteiger partial charge in [0.2, 0.25) is 11.8 Å². The summed E-state index contributed by atoms with van der Waals surface area (Å²) in [5.74, 6) is -0.236. The summed E-state index contributed by atoms with van der Waals surface area (Å²) in [6.07, 6.45) is 4.14. The lowest BCUT2D eigenvalue weighted by Crippen LogP contribution is -2.43. The average Bonchev–Trinajstić information content (AvgIpc) is 2.80. The molecule has 17 heavy (non-hydrogen) atoms. The van der Waals surface area contributed by atoms with Gasteiger partial charge in [-0.1, -0.05) is 12.8 Å². The largest absolute Gasteiger partial charge is 0.389 e. The number of carbonyl (C=O) groups is 2. The third kappa shape index (κ3) is 2.77. The summed E-state index contributed by atoms with van der Waals surface area (Å²) in [7, 11) is 1.74. The van der Waals surface area contributed by atoms with Crippen LogP contribution in [0.25, 0.3) is 0 Å². The predicted molar refractivity (Wildman–Crippen MR) is 62.2 cm³/mol. The molecule has 2 rings (SSSR count). The number of hydrogen-bond donors (Lipinski definition) is 2. The summed E-state index contributed by atoms with van der Waals surface area (Å²) < 4.78 is 0. The maximum absolute atomic E-state index is 11.8. The van der Waals surface area contributed by atoms with Crippen LogP contribution >= 0.6 is 0 Å². The number of aliphatic hydroxyl groups is 1. The van der Waals surface area contributed by atoms with Gasteiger partial charge in [0, 0.05) is 13.6 Å². The Kier molecular flexibility index (Phi) is 3.38. The normalized spacial score (nSPS) is 27.5. The lowest BCUT2D eigenvalue weighted by atomic mass is 9.97. The molecule has 2 N–H and O–H groups in total. The van der Waals surface area contributed by atoms with Crippen molar-refractivity contribution in [2.75, 3.05) is 13.6 Å². The summed E-state index contributed by atoms with van der Waals surface area (Å²) in [6, 6.07) is -0.391. The van der Waals surface area contributed by atoms with E-state index in [0.29, 0.717) is 25.8 Å². The Balaban J connectivity index is 1.83. The Morgan fingerprint density at radius 3 is 2.71 bits per heavy atom. The summed E-state index contributed by atoms with van der Waals surface area (Å²) in [5, 5.41) is 12.8. The van der Waals surface area contributed by atoms with E-state index in [9.17, 15) is 14.7 Å². The van der Waals surface area contributed by atoms with Crippen molar-refractivity contribution in [3.63, 3.8) is 0 Å². The highest BCUT2D eigenvalue weighted by Gasteiger charge is 2.36. The predicted octanol–water partition coefficient (Wildman–Crippen LogP) is 0.0285. The molecule has 0 aromatic rings. The van der Waals surface area contributed by atoms with E-state index in [-0.39, 0.29) is 18.2 Å². The van der Waals surface area contributed by atoms with E-state index in [1.807, 2.05) is 0 Å². The Morgan fingerprint density at radius 1 is 1.53 bits per heavy atom. The van der Waals surface area contributed by atoms with Crippen molar-refractivity contribution in [1.29, 1.82) is 0 Å². The van der Waals surface area contributed by atoms with Crippen LogP contribution < -0.4 is 5.32 Å². The molecule has 0 bridgehead atoms. The number of nitrogens with one attached hydrogen (secondary N) is 1. The summed E-state index contributed by atoms with van der Waals surface area (Å²) in [5.41, 5.74) is -0.836. The maximum Gasteiger partial charge on any atom is 0.244 e. The second-order valence-corrected chi connectivity index (χ2v) is 5.28. The van der Waals surface area contributed by atoms with Gasteiger partial charge in [-0.2, -0.15) is 0 Å². The Morgan fingerprint density at radius 2 is 2.18 bits per heavy atom. The summed E-state index contributed by atoms with van der Waals surface area (Å²) in [4.78, 5) is 25.0. The molecule has 0 aromatic carbocycles. The van der Waals surface area contributed by atoms with Crippen molar-refractivity contribution in [2.24, 2.45) is 0 Å². The first-order valence-electron chi connectivity index (χ1n) is 6.27. The van der Waals surface area contributed by atoms with Crippen LogP contribution in [0.3, 0.4) is 0 Å². The fraction of sp³-hybridized carbons (Fsp3) is 0.833.